The number of aromatic nitrogens is 2. The second-order valence-electron chi connectivity index (χ2n) is 6.64. The predicted octanol–water partition coefficient (Wildman–Crippen LogP) is 5.48. The molecule has 4 nitrogen and oxygen atoms in total. The van der Waals surface area contributed by atoms with Crippen molar-refractivity contribution >= 4 is 35.1 Å². The second-order valence-corrected chi connectivity index (χ2v) is 7.45. The molecule has 1 aliphatic rings. The van der Waals surface area contributed by atoms with Crippen molar-refractivity contribution in [2.75, 3.05) is 6.61 Å². The molecular formula is C22H18Cl2N2O2. The van der Waals surface area contributed by atoms with E-state index in [9.17, 15) is 4.79 Å². The van der Waals surface area contributed by atoms with Gasteiger partial charge >= 0.3 is 0 Å². The molecule has 0 bridgehead atoms. The van der Waals surface area contributed by atoms with E-state index < -0.39 is 0 Å². The molecule has 0 atom stereocenters. The van der Waals surface area contributed by atoms with Crippen molar-refractivity contribution in [1.82, 2.24) is 9.55 Å². The Balaban J connectivity index is 1.47. The van der Waals surface area contributed by atoms with Crippen molar-refractivity contribution in [1.29, 1.82) is 0 Å². The summed E-state index contributed by atoms with van der Waals surface area (Å²) in [5.74, 6) is 0.834. The standard InChI is InChI=1S/C22H18Cl2N2O2/c23-20-6-1-15(12-21(20)24)11-17-3-2-16-13-18(4-5-19(16)22(17)27)28-10-9-26-8-7-25-14-26/h1,4-8,11-14H,2-3,9-10H2. The largest absolute Gasteiger partial charge is 0.492 e. The SMILES string of the molecule is O=C1C(=Cc2ccc(Cl)c(Cl)c2)CCc2cc(OCCn3ccnc3)ccc21. The molecule has 0 N–H and O–H groups in total. The van der Waals surface area contributed by atoms with Gasteiger partial charge in [-0.3, -0.25) is 4.79 Å². The second kappa shape index (κ2) is 8.21. The number of fused-ring (bicyclic) bond motifs is 1. The van der Waals surface area contributed by atoms with Gasteiger partial charge in [-0.2, -0.15) is 0 Å². The van der Waals surface area contributed by atoms with Crippen LogP contribution in [-0.2, 0) is 13.0 Å². The number of ether oxygens (including phenoxy) is 1. The third kappa shape index (κ3) is 4.13. The number of hydrogen-bond donors (Lipinski definition) is 0. The van der Waals surface area contributed by atoms with E-state index in [0.29, 0.717) is 23.1 Å². The Morgan fingerprint density at radius 1 is 1.11 bits per heavy atom. The number of aryl methyl sites for hydroxylation is 1. The number of halogens is 2. The maximum Gasteiger partial charge on any atom is 0.189 e. The van der Waals surface area contributed by atoms with Crippen LogP contribution >= 0.6 is 23.2 Å². The molecule has 0 unspecified atom stereocenters. The zero-order valence-electron chi connectivity index (χ0n) is 15.1. The number of ketones is 1. The fourth-order valence-corrected chi connectivity index (χ4v) is 3.58. The van der Waals surface area contributed by atoms with E-state index >= 15 is 0 Å². The highest BCUT2D eigenvalue weighted by molar-refractivity contribution is 6.42. The number of Topliss-reactive ketones (excluding diaryl/α,β-unsaturated/α-hetero) is 1. The van der Waals surface area contributed by atoms with Crippen LogP contribution in [0.5, 0.6) is 5.75 Å². The first-order chi connectivity index (χ1) is 13.6. The smallest absolute Gasteiger partial charge is 0.189 e. The van der Waals surface area contributed by atoms with Crippen molar-refractivity contribution in [3.8, 4) is 5.75 Å². The number of nitrogens with zero attached hydrogens (tertiary/aromatic N) is 2. The van der Waals surface area contributed by atoms with Crippen LogP contribution in [0.4, 0.5) is 0 Å². The molecule has 2 aromatic carbocycles. The number of benzene rings is 2. The van der Waals surface area contributed by atoms with Crippen molar-refractivity contribution in [3.05, 3.63) is 87.4 Å². The van der Waals surface area contributed by atoms with E-state index in [1.165, 1.54) is 0 Å². The molecule has 6 heteroatoms. The summed E-state index contributed by atoms with van der Waals surface area (Å²) in [5, 5.41) is 0.988. The van der Waals surface area contributed by atoms with E-state index in [0.717, 1.165) is 41.0 Å². The van der Waals surface area contributed by atoms with E-state index in [1.807, 2.05) is 41.1 Å². The minimum absolute atomic E-state index is 0.0530. The van der Waals surface area contributed by atoms with Crippen molar-refractivity contribution < 1.29 is 9.53 Å². The fourth-order valence-electron chi connectivity index (χ4n) is 3.27. The monoisotopic (exact) mass is 412 g/mol. The highest BCUT2D eigenvalue weighted by atomic mass is 35.5. The molecule has 3 aromatic rings. The van der Waals surface area contributed by atoms with Crippen molar-refractivity contribution in [2.45, 2.75) is 19.4 Å². The molecule has 28 heavy (non-hydrogen) atoms. The molecule has 0 fully saturated rings. The quantitative estimate of drug-likeness (QED) is 0.520. The van der Waals surface area contributed by atoms with Crippen LogP contribution in [0, 0.1) is 0 Å². The van der Waals surface area contributed by atoms with Gasteiger partial charge in [-0.25, -0.2) is 4.98 Å². The Morgan fingerprint density at radius 3 is 2.79 bits per heavy atom. The third-order valence-electron chi connectivity index (χ3n) is 4.74. The van der Waals surface area contributed by atoms with Gasteiger partial charge in [0.05, 0.1) is 22.9 Å². The first-order valence-corrected chi connectivity index (χ1v) is 9.77. The Morgan fingerprint density at radius 2 is 2.00 bits per heavy atom. The van der Waals surface area contributed by atoms with Gasteiger partial charge in [0.2, 0.25) is 0 Å². The number of hydrogen-bond acceptors (Lipinski definition) is 3. The zero-order chi connectivity index (χ0) is 19.5. The minimum atomic E-state index is 0.0530. The fraction of sp³-hybridized carbons (Fsp3) is 0.182. The maximum atomic E-state index is 12.9. The summed E-state index contributed by atoms with van der Waals surface area (Å²) in [5.41, 5.74) is 3.41. The number of rotatable bonds is 5. The maximum absolute atomic E-state index is 12.9. The first-order valence-electron chi connectivity index (χ1n) is 9.02. The molecule has 0 spiro atoms. The van der Waals surface area contributed by atoms with E-state index in [2.05, 4.69) is 4.98 Å². The van der Waals surface area contributed by atoms with Gasteiger partial charge in [0.25, 0.3) is 0 Å². The van der Waals surface area contributed by atoms with Crippen LogP contribution in [0.15, 0.2) is 60.7 Å². The summed E-state index contributed by atoms with van der Waals surface area (Å²) in [6.45, 7) is 1.28. The van der Waals surface area contributed by atoms with Crippen LogP contribution < -0.4 is 4.74 Å². The lowest BCUT2D eigenvalue weighted by molar-refractivity contribution is 0.102. The van der Waals surface area contributed by atoms with Crippen molar-refractivity contribution in [2.24, 2.45) is 0 Å². The van der Waals surface area contributed by atoms with Gasteiger partial charge in [0, 0.05) is 23.5 Å². The predicted molar refractivity (Wildman–Crippen MR) is 111 cm³/mol. The lowest BCUT2D eigenvalue weighted by atomic mass is 9.86. The number of allylic oxidation sites excluding steroid dienone is 1. The average Bonchev–Trinajstić information content (AvgIpc) is 3.20. The third-order valence-corrected chi connectivity index (χ3v) is 5.48. The number of carbonyl (C=O) groups excluding carboxylic acids is 1. The lowest BCUT2D eigenvalue weighted by Gasteiger charge is -2.19. The van der Waals surface area contributed by atoms with Crippen LogP contribution in [0.25, 0.3) is 6.08 Å². The average molecular weight is 413 g/mol. The minimum Gasteiger partial charge on any atom is -0.492 e. The Kier molecular flexibility index (Phi) is 5.51. The highest BCUT2D eigenvalue weighted by Gasteiger charge is 2.22. The van der Waals surface area contributed by atoms with Crippen LogP contribution in [0.2, 0.25) is 10.0 Å². The van der Waals surface area contributed by atoms with Gasteiger partial charge in [-0.1, -0.05) is 29.3 Å². The van der Waals surface area contributed by atoms with Crippen LogP contribution in [0.3, 0.4) is 0 Å². The molecule has 0 saturated carbocycles. The first kappa shape index (κ1) is 18.8. The molecule has 1 heterocycles. The van der Waals surface area contributed by atoms with Gasteiger partial charge < -0.3 is 9.30 Å². The summed E-state index contributed by atoms with van der Waals surface area (Å²) in [6.07, 6.45) is 8.78. The molecular weight excluding hydrogens is 395 g/mol. The topological polar surface area (TPSA) is 44.1 Å². The van der Waals surface area contributed by atoms with E-state index in [1.54, 1.807) is 24.7 Å². The van der Waals surface area contributed by atoms with Crippen molar-refractivity contribution in [3.63, 3.8) is 0 Å². The summed E-state index contributed by atoms with van der Waals surface area (Å²) in [7, 11) is 0. The Labute approximate surface area is 173 Å². The van der Waals surface area contributed by atoms with Gasteiger partial charge in [0.15, 0.2) is 5.78 Å². The molecule has 1 aromatic heterocycles. The Bertz CT molecular complexity index is 1040. The molecule has 142 valence electrons. The highest BCUT2D eigenvalue weighted by Crippen LogP contribution is 2.30. The molecule has 0 saturated heterocycles. The van der Waals surface area contributed by atoms with Crippen LogP contribution in [0.1, 0.15) is 27.9 Å². The van der Waals surface area contributed by atoms with Crippen LogP contribution in [-0.4, -0.2) is 21.9 Å². The summed E-state index contributed by atoms with van der Waals surface area (Å²) < 4.78 is 7.79. The molecule has 0 radical (unpaired) electrons. The number of imidazole rings is 1. The van der Waals surface area contributed by atoms with Gasteiger partial charge in [-0.15, -0.1) is 0 Å². The summed E-state index contributed by atoms with van der Waals surface area (Å²) in [6, 6.07) is 11.1. The Hall–Kier alpha value is -2.56. The normalized spacial score (nSPS) is 14.9. The van der Waals surface area contributed by atoms with E-state index in [-0.39, 0.29) is 5.78 Å². The summed E-state index contributed by atoms with van der Waals surface area (Å²) >= 11 is 12.0. The zero-order valence-corrected chi connectivity index (χ0v) is 16.6. The molecule has 1 aliphatic carbocycles. The van der Waals surface area contributed by atoms with Gasteiger partial charge in [-0.05, 0) is 60.4 Å². The summed E-state index contributed by atoms with van der Waals surface area (Å²) in [4.78, 5) is 16.9. The van der Waals surface area contributed by atoms with Gasteiger partial charge in [0.1, 0.15) is 12.4 Å². The molecule has 0 amide bonds. The molecule has 0 aliphatic heterocycles. The molecule has 4 rings (SSSR count). The van der Waals surface area contributed by atoms with E-state index in [4.69, 9.17) is 27.9 Å². The lowest BCUT2D eigenvalue weighted by Crippen LogP contribution is -2.14. The number of carbonyl (C=O) groups is 1.